The monoisotopic (exact) mass is 1440 g/mol. The van der Waals surface area contributed by atoms with Crippen LogP contribution in [0.5, 0.6) is 23.0 Å². The second-order valence-electron chi connectivity index (χ2n) is 34.0. The minimum absolute atomic E-state index is 0. The van der Waals surface area contributed by atoms with Crippen LogP contribution in [0.2, 0.25) is 0 Å². The Morgan fingerprint density at radius 1 is 0.340 bits per heavy atom. The number of hydrogen-bond donors (Lipinski definition) is 2. The summed E-state index contributed by atoms with van der Waals surface area (Å²) >= 11 is 0. The zero-order valence-electron chi connectivity index (χ0n) is 61.1. The van der Waals surface area contributed by atoms with Gasteiger partial charge in [-0.25, -0.2) is 8.78 Å². The number of rotatable bonds is 14. The molecule has 0 aliphatic carbocycles. The molecule has 94 heavy (non-hydrogen) atoms. The third-order valence-electron chi connectivity index (χ3n) is 18.4. The Bertz CT molecular complexity index is 4010. The van der Waals surface area contributed by atoms with Crippen molar-refractivity contribution < 1.29 is 54.3 Å². The molecule has 2 aromatic heterocycles. The van der Waals surface area contributed by atoms with E-state index in [1.807, 2.05) is 12.1 Å². The first-order chi connectivity index (χ1) is 42.0. The number of fused-ring (bicyclic) bond motifs is 6. The normalized spacial score (nSPS) is 12.9. The Hall–Kier alpha value is -6.71. The first-order valence-corrected chi connectivity index (χ1v) is 32.8. The number of aromatic nitrogens is 2. The van der Waals surface area contributed by atoms with E-state index in [0.717, 1.165) is 67.6 Å². The van der Waals surface area contributed by atoms with Gasteiger partial charge in [0.05, 0.1) is 46.7 Å². The summed E-state index contributed by atoms with van der Waals surface area (Å²) in [7, 11) is 0. The maximum Gasteiger partial charge on any atom is 0.147 e. The summed E-state index contributed by atoms with van der Waals surface area (Å²) in [6.45, 7) is 49.4. The van der Waals surface area contributed by atoms with E-state index in [-0.39, 0.29) is 109 Å². The largest absolute Gasteiger partial charge is 0.505 e. The van der Waals surface area contributed by atoms with Gasteiger partial charge in [0, 0.05) is 76.1 Å². The molecule has 0 amide bonds. The average molecular weight is 1440 g/mol. The summed E-state index contributed by atoms with van der Waals surface area (Å²) < 4.78 is 49.8. The summed E-state index contributed by atoms with van der Waals surface area (Å²) in [6.07, 6.45) is 2.06. The van der Waals surface area contributed by atoms with Gasteiger partial charge in [0.1, 0.15) is 34.6 Å². The Kier molecular flexibility index (Phi) is 20.9. The van der Waals surface area contributed by atoms with Crippen LogP contribution >= 0.6 is 0 Å². The van der Waals surface area contributed by atoms with Crippen molar-refractivity contribution in [2.24, 2.45) is 10.8 Å². The first-order valence-electron chi connectivity index (χ1n) is 32.8. The predicted molar refractivity (Wildman–Crippen MR) is 393 cm³/mol. The molecule has 2 N–H and O–H groups in total. The molecule has 0 saturated carbocycles. The van der Waals surface area contributed by atoms with Crippen LogP contribution in [-0.2, 0) is 58.3 Å². The molecule has 0 saturated heterocycles. The van der Waals surface area contributed by atoms with Crippen LogP contribution in [0, 0.1) is 37.3 Å². The van der Waals surface area contributed by atoms with Crippen LogP contribution in [0.3, 0.4) is 0 Å². The summed E-state index contributed by atoms with van der Waals surface area (Å²) in [5.41, 5.74) is 12.1. The van der Waals surface area contributed by atoms with Crippen molar-refractivity contribution >= 4 is 43.6 Å². The van der Waals surface area contributed by atoms with E-state index in [1.54, 1.807) is 12.1 Å². The molecular weight excluding hydrogens is 1330 g/mol. The van der Waals surface area contributed by atoms with Crippen molar-refractivity contribution in [1.82, 2.24) is 9.13 Å². The van der Waals surface area contributed by atoms with Gasteiger partial charge < -0.3 is 43.7 Å². The minimum atomic E-state index is -0.462. The van der Waals surface area contributed by atoms with Crippen molar-refractivity contribution in [1.29, 1.82) is 0 Å². The molecule has 6 nitrogen and oxygen atoms in total. The standard InChI is InChI=1S/C83H100F2N2O4.2CH3.Hf/c1-76(2,3)48-82(19,20)54-38-64(74(88)70(44-54)86-66-40-50(78(7,8)9)24-30-58(66)59-31-25-51(41-67(59)86)79(10,11)12)62-46-56(84)28-34-72(62)90-36-23-37-91-73-35-29-57(85)47-63(73)65-39-55(83(21,22)49-77(4,5)6)45-71(75(65)89)87-68-42-52(80(13,14)15)26-32-60(68)61-33-27-53(43-69(61)87)81(16,17)18;;;/h24-35,38-47,88-89H,23,36-37,48-49H2,1-22H3;2*1H3;/q;2*-1;. The quantitative estimate of drug-likeness (QED) is 0.0647. The summed E-state index contributed by atoms with van der Waals surface area (Å²) in [5.74, 6) is -0.0843. The molecule has 0 bridgehead atoms. The van der Waals surface area contributed by atoms with Crippen molar-refractivity contribution in [2.45, 2.75) is 204 Å². The SMILES string of the molecule is CC(C)(C)CC(C)(C)c1cc(-c2cc(F)ccc2OCCCOc2ccc(F)cc2-c2cc(C(C)(C)CC(C)(C)C)cc(-n3c4cc(C(C)(C)C)ccc4c4ccc(C(C)(C)C)cc43)c2O)c(O)c(-n2c3cc(C(C)(C)C)ccc3c3ccc(C(C)(C)C)cc32)c1.[CH3-].[CH3-].[Hf]. The predicted octanol–water partition coefficient (Wildman–Crippen LogP) is 24.3. The number of phenols is 2. The first kappa shape index (κ1) is 74.7. The fraction of sp³-hybridized carbons (Fsp3) is 0.412. The zero-order valence-corrected chi connectivity index (χ0v) is 64.7. The van der Waals surface area contributed by atoms with E-state index < -0.39 is 11.6 Å². The van der Waals surface area contributed by atoms with Crippen molar-refractivity contribution in [3.8, 4) is 56.6 Å². The Morgan fingerprint density at radius 2 is 0.617 bits per heavy atom. The molecule has 10 rings (SSSR count). The van der Waals surface area contributed by atoms with Gasteiger partial charge in [-0.1, -0.05) is 201 Å². The summed E-state index contributed by atoms with van der Waals surface area (Å²) in [6, 6.07) is 44.0. The van der Waals surface area contributed by atoms with E-state index in [0.29, 0.717) is 51.5 Å². The molecule has 0 atom stereocenters. The summed E-state index contributed by atoms with van der Waals surface area (Å²) in [4.78, 5) is 0. The maximum absolute atomic E-state index is 16.0. The Balaban J connectivity index is 0.00000417. The Labute approximate surface area is 581 Å². The van der Waals surface area contributed by atoms with Crippen LogP contribution < -0.4 is 9.47 Å². The second kappa shape index (κ2) is 26.4. The molecule has 10 aromatic rings. The third kappa shape index (κ3) is 15.3. The van der Waals surface area contributed by atoms with E-state index in [2.05, 4.69) is 246 Å². The molecule has 0 radical (unpaired) electrons. The van der Waals surface area contributed by atoms with Gasteiger partial charge in [-0.05, 0) is 174 Å². The molecule has 0 unspecified atom stereocenters. The number of halogens is 2. The molecule has 8 aromatic carbocycles. The molecular formula is C85H106F2HfN2O4-2. The number of aromatic hydroxyl groups is 2. The number of phenolic OH excluding ortho intramolecular Hbond substituents is 2. The molecule has 0 spiro atoms. The molecule has 0 aliphatic rings. The zero-order chi connectivity index (χ0) is 66.7. The van der Waals surface area contributed by atoms with Gasteiger partial charge in [0.2, 0.25) is 0 Å². The van der Waals surface area contributed by atoms with Gasteiger partial charge in [-0.2, -0.15) is 0 Å². The molecule has 2 heterocycles. The van der Waals surface area contributed by atoms with Gasteiger partial charge in [0.25, 0.3) is 0 Å². The van der Waals surface area contributed by atoms with Crippen LogP contribution in [0.25, 0.3) is 77.2 Å². The Morgan fingerprint density at radius 3 is 0.872 bits per heavy atom. The van der Waals surface area contributed by atoms with Crippen LogP contribution in [0.1, 0.15) is 205 Å². The second-order valence-corrected chi connectivity index (χ2v) is 34.0. The van der Waals surface area contributed by atoms with E-state index in [4.69, 9.17) is 9.47 Å². The molecule has 0 fully saturated rings. The van der Waals surface area contributed by atoms with Crippen molar-refractivity contribution in [3.05, 3.63) is 193 Å². The van der Waals surface area contributed by atoms with Gasteiger partial charge in [-0.15, -0.1) is 0 Å². The number of ether oxygens (including phenoxy) is 2. The molecule has 500 valence electrons. The van der Waals surface area contributed by atoms with Gasteiger partial charge in [-0.3, -0.25) is 0 Å². The maximum atomic E-state index is 16.0. The van der Waals surface area contributed by atoms with Crippen LogP contribution in [0.15, 0.2) is 133 Å². The fourth-order valence-electron chi connectivity index (χ4n) is 14.1. The van der Waals surface area contributed by atoms with E-state index >= 15 is 8.78 Å². The fourth-order valence-corrected chi connectivity index (χ4v) is 14.1. The van der Waals surface area contributed by atoms with Gasteiger partial charge >= 0.3 is 0 Å². The van der Waals surface area contributed by atoms with Crippen LogP contribution in [-0.4, -0.2) is 32.6 Å². The summed E-state index contributed by atoms with van der Waals surface area (Å²) in [5, 5.41) is 30.5. The van der Waals surface area contributed by atoms with E-state index in [1.165, 1.54) is 46.5 Å². The minimum Gasteiger partial charge on any atom is -0.505 e. The van der Waals surface area contributed by atoms with Crippen molar-refractivity contribution in [2.75, 3.05) is 13.2 Å². The molecule has 9 heteroatoms. The number of hydrogen-bond acceptors (Lipinski definition) is 4. The smallest absolute Gasteiger partial charge is 0.147 e. The molecule has 0 aliphatic heterocycles. The van der Waals surface area contributed by atoms with Crippen LogP contribution in [0.4, 0.5) is 8.78 Å². The number of benzene rings is 8. The number of nitrogens with zero attached hydrogens (tertiary/aromatic N) is 2. The van der Waals surface area contributed by atoms with Gasteiger partial charge in [0.15, 0.2) is 0 Å². The average Bonchev–Trinajstić information content (AvgIpc) is 1.56. The topological polar surface area (TPSA) is 68.8 Å². The van der Waals surface area contributed by atoms with E-state index in [9.17, 15) is 10.2 Å². The third-order valence-corrected chi connectivity index (χ3v) is 18.4. The van der Waals surface area contributed by atoms with Crippen molar-refractivity contribution in [3.63, 3.8) is 0 Å².